The van der Waals surface area contributed by atoms with Crippen LogP contribution in [0.5, 0.6) is 0 Å². The number of rotatable bonds is 2. The summed E-state index contributed by atoms with van der Waals surface area (Å²) in [5, 5.41) is 8.95. The minimum absolute atomic E-state index is 0.160. The van der Waals surface area contributed by atoms with Crippen LogP contribution < -0.4 is 0 Å². The van der Waals surface area contributed by atoms with Gasteiger partial charge in [-0.15, -0.1) is 35.3 Å². The smallest absolute Gasteiger partial charge is 0.303 e. The van der Waals surface area contributed by atoms with Crippen molar-refractivity contribution in [1.82, 2.24) is 0 Å². The van der Waals surface area contributed by atoms with Gasteiger partial charge in [0.25, 0.3) is 0 Å². The number of aliphatic carboxylic acids is 1. The van der Waals surface area contributed by atoms with Gasteiger partial charge in [-0.25, -0.2) is 0 Å². The van der Waals surface area contributed by atoms with E-state index in [0.717, 1.165) is 19.3 Å². The number of thioether (sulfide) groups is 3. The van der Waals surface area contributed by atoms with Gasteiger partial charge in [0.15, 0.2) is 0 Å². The Kier molecular flexibility index (Phi) is 2.26. The van der Waals surface area contributed by atoms with Crippen molar-refractivity contribution in [1.29, 1.82) is 0 Å². The SMILES string of the molecule is O=C(O)CC12CC3SC(C1)SC(C2)S3. The third-order valence-corrected chi connectivity index (χ3v) is 8.06. The van der Waals surface area contributed by atoms with Crippen molar-refractivity contribution in [3.8, 4) is 0 Å². The van der Waals surface area contributed by atoms with Crippen molar-refractivity contribution in [3.63, 3.8) is 0 Å². The van der Waals surface area contributed by atoms with Crippen LogP contribution in [0.1, 0.15) is 25.7 Å². The Balaban J connectivity index is 1.83. The van der Waals surface area contributed by atoms with Crippen LogP contribution >= 0.6 is 35.3 Å². The molecule has 0 saturated carbocycles. The van der Waals surface area contributed by atoms with Gasteiger partial charge >= 0.3 is 5.97 Å². The van der Waals surface area contributed by atoms with Gasteiger partial charge in [0, 0.05) is 0 Å². The zero-order valence-electron chi connectivity index (χ0n) is 7.64. The molecule has 0 amide bonds. The van der Waals surface area contributed by atoms with E-state index in [-0.39, 0.29) is 5.41 Å². The molecule has 4 fully saturated rings. The Morgan fingerprint density at radius 3 is 1.93 bits per heavy atom. The first-order chi connectivity index (χ1) is 6.65. The lowest BCUT2D eigenvalue weighted by molar-refractivity contribution is -0.140. The van der Waals surface area contributed by atoms with Gasteiger partial charge in [0.05, 0.1) is 20.2 Å². The van der Waals surface area contributed by atoms with Crippen LogP contribution in [0.2, 0.25) is 0 Å². The fourth-order valence-corrected chi connectivity index (χ4v) is 10.3. The number of carbonyl (C=O) groups is 1. The molecule has 0 aliphatic carbocycles. The maximum absolute atomic E-state index is 10.9. The van der Waals surface area contributed by atoms with E-state index in [1.807, 2.05) is 0 Å². The Bertz CT molecular complexity index is 244. The molecule has 2 nitrogen and oxygen atoms in total. The normalized spacial score (nSPS) is 49.6. The first-order valence-electron chi connectivity index (χ1n) is 4.83. The average Bonchev–Trinajstić information content (AvgIpc) is 1.96. The summed E-state index contributed by atoms with van der Waals surface area (Å²) < 4.78 is 2.06. The standard InChI is InChI=1S/C9H12O2S3/c10-5(11)1-9-2-6-12-7(3-9)14-8(4-9)13-6/h6-8H,1-4H2,(H,10,11). The zero-order chi connectivity index (χ0) is 9.76. The highest BCUT2D eigenvalue weighted by Crippen LogP contribution is 2.67. The van der Waals surface area contributed by atoms with E-state index in [1.165, 1.54) is 0 Å². The number of hydrogen-bond acceptors (Lipinski definition) is 4. The van der Waals surface area contributed by atoms with E-state index < -0.39 is 5.97 Å². The largest absolute Gasteiger partial charge is 0.481 e. The minimum atomic E-state index is -0.605. The van der Waals surface area contributed by atoms with Crippen LogP contribution in [0.4, 0.5) is 0 Å². The van der Waals surface area contributed by atoms with Crippen molar-refractivity contribution >= 4 is 41.3 Å². The van der Waals surface area contributed by atoms with E-state index >= 15 is 0 Å². The molecule has 4 rings (SSSR count). The van der Waals surface area contributed by atoms with Gasteiger partial charge < -0.3 is 5.11 Å². The van der Waals surface area contributed by atoms with Crippen LogP contribution in [0, 0.1) is 5.41 Å². The summed E-state index contributed by atoms with van der Waals surface area (Å²) in [7, 11) is 0. The average molecular weight is 248 g/mol. The van der Waals surface area contributed by atoms with E-state index in [1.54, 1.807) is 0 Å². The first-order valence-corrected chi connectivity index (χ1v) is 7.66. The highest BCUT2D eigenvalue weighted by molar-refractivity contribution is 8.33. The van der Waals surface area contributed by atoms with Gasteiger partial charge in [-0.05, 0) is 24.7 Å². The first kappa shape index (κ1) is 9.73. The summed E-state index contributed by atoms with van der Waals surface area (Å²) >= 11 is 6.20. The summed E-state index contributed by atoms with van der Waals surface area (Å²) in [5.41, 5.74) is 0.160. The maximum atomic E-state index is 10.9. The van der Waals surface area contributed by atoms with E-state index in [2.05, 4.69) is 35.3 Å². The highest BCUT2D eigenvalue weighted by Gasteiger charge is 2.53. The second kappa shape index (κ2) is 3.25. The molecule has 0 aromatic heterocycles. The summed E-state index contributed by atoms with van der Waals surface area (Å²) in [6.07, 6.45) is 3.78. The fraction of sp³-hybridized carbons (Fsp3) is 0.889. The number of carboxylic acids is 1. The fourth-order valence-electron chi connectivity index (χ4n) is 2.74. The molecule has 1 N–H and O–H groups in total. The van der Waals surface area contributed by atoms with E-state index in [0.29, 0.717) is 20.2 Å². The molecule has 5 heteroatoms. The topological polar surface area (TPSA) is 37.3 Å². The van der Waals surface area contributed by atoms with Gasteiger partial charge in [-0.1, -0.05) is 0 Å². The molecule has 0 atom stereocenters. The molecule has 0 spiro atoms. The maximum Gasteiger partial charge on any atom is 0.303 e. The molecule has 0 unspecified atom stereocenters. The molecule has 78 valence electrons. The summed E-state index contributed by atoms with van der Waals surface area (Å²) in [4.78, 5) is 10.9. The Morgan fingerprint density at radius 1 is 1.14 bits per heavy atom. The second-order valence-corrected chi connectivity index (χ2v) is 9.51. The zero-order valence-corrected chi connectivity index (χ0v) is 10.1. The van der Waals surface area contributed by atoms with Crippen molar-refractivity contribution in [2.24, 2.45) is 5.41 Å². The predicted octanol–water partition coefficient (Wildman–Crippen LogP) is 2.84. The molecule has 4 aliphatic rings. The van der Waals surface area contributed by atoms with E-state index in [9.17, 15) is 4.79 Å². The molecule has 4 saturated heterocycles. The van der Waals surface area contributed by atoms with Crippen molar-refractivity contribution in [3.05, 3.63) is 0 Å². The lowest BCUT2D eigenvalue weighted by atomic mass is 9.76. The van der Waals surface area contributed by atoms with Crippen molar-refractivity contribution < 1.29 is 9.90 Å². The molecule has 4 heterocycles. The molecule has 4 bridgehead atoms. The van der Waals surface area contributed by atoms with Crippen molar-refractivity contribution in [2.45, 2.75) is 39.4 Å². The third-order valence-electron chi connectivity index (χ3n) is 3.24. The van der Waals surface area contributed by atoms with Crippen LogP contribution in [0.15, 0.2) is 0 Å². The second-order valence-electron chi connectivity index (χ2n) is 4.38. The lowest BCUT2D eigenvalue weighted by Gasteiger charge is -2.54. The van der Waals surface area contributed by atoms with Crippen LogP contribution in [-0.2, 0) is 4.79 Å². The van der Waals surface area contributed by atoms with Crippen LogP contribution in [-0.4, -0.2) is 24.8 Å². The molecule has 0 aromatic rings. The molecule has 14 heavy (non-hydrogen) atoms. The Morgan fingerprint density at radius 2 is 1.57 bits per heavy atom. The van der Waals surface area contributed by atoms with Crippen LogP contribution in [0.3, 0.4) is 0 Å². The monoisotopic (exact) mass is 248 g/mol. The quantitative estimate of drug-likeness (QED) is 0.813. The van der Waals surface area contributed by atoms with Crippen molar-refractivity contribution in [2.75, 3.05) is 0 Å². The Labute approximate surface area is 96.0 Å². The molecule has 0 aromatic carbocycles. The predicted molar refractivity (Wildman–Crippen MR) is 62.7 cm³/mol. The molecule has 4 aliphatic heterocycles. The van der Waals surface area contributed by atoms with Gasteiger partial charge in [0.2, 0.25) is 0 Å². The number of hydrogen-bond donors (Lipinski definition) is 1. The van der Waals surface area contributed by atoms with Crippen LogP contribution in [0.25, 0.3) is 0 Å². The van der Waals surface area contributed by atoms with Gasteiger partial charge in [0.1, 0.15) is 0 Å². The Hall–Kier alpha value is 0.520. The highest BCUT2D eigenvalue weighted by atomic mass is 32.3. The summed E-state index contributed by atoms with van der Waals surface area (Å²) in [6.45, 7) is 0. The molecular weight excluding hydrogens is 236 g/mol. The minimum Gasteiger partial charge on any atom is -0.481 e. The van der Waals surface area contributed by atoms with E-state index in [4.69, 9.17) is 5.11 Å². The summed E-state index contributed by atoms with van der Waals surface area (Å²) in [6, 6.07) is 0. The molecular formula is C9H12O2S3. The van der Waals surface area contributed by atoms with Gasteiger partial charge in [-0.2, -0.15) is 0 Å². The molecule has 0 radical (unpaired) electrons. The van der Waals surface area contributed by atoms with Gasteiger partial charge in [-0.3, -0.25) is 4.79 Å². The third kappa shape index (κ3) is 1.57. The number of carboxylic acid groups (broad SMARTS) is 1. The lowest BCUT2D eigenvalue weighted by Crippen LogP contribution is -2.45. The summed E-state index contributed by atoms with van der Waals surface area (Å²) in [5.74, 6) is -0.605.